The van der Waals surface area contributed by atoms with Crippen LogP contribution in [0.2, 0.25) is 0 Å². The maximum absolute atomic E-state index is 12.9. The van der Waals surface area contributed by atoms with Crippen LogP contribution >= 0.6 is 11.8 Å². The van der Waals surface area contributed by atoms with Gasteiger partial charge in [-0.05, 0) is 26.7 Å². The van der Waals surface area contributed by atoms with Crippen LogP contribution in [-0.2, 0) is 4.79 Å². The highest BCUT2D eigenvalue weighted by Crippen LogP contribution is 2.33. The number of fused-ring (bicyclic) bond motifs is 1. The molecule has 1 fully saturated rings. The van der Waals surface area contributed by atoms with Crippen molar-refractivity contribution in [1.82, 2.24) is 14.5 Å². The first kappa shape index (κ1) is 16.5. The normalized spacial score (nSPS) is 23.9. The average Bonchev–Trinajstić information content (AvgIpc) is 2.95. The molecule has 2 aliphatic rings. The molecule has 1 saturated heterocycles. The first-order chi connectivity index (χ1) is 11.0. The van der Waals surface area contributed by atoms with Gasteiger partial charge in [-0.25, -0.2) is 4.98 Å². The number of rotatable bonds is 3. The maximum Gasteiger partial charge on any atom is 0.257 e. The van der Waals surface area contributed by atoms with Crippen molar-refractivity contribution in [2.24, 2.45) is 5.92 Å². The van der Waals surface area contributed by atoms with Gasteiger partial charge in [0.15, 0.2) is 5.16 Å². The van der Waals surface area contributed by atoms with Crippen LogP contribution in [0.15, 0.2) is 9.95 Å². The van der Waals surface area contributed by atoms with Crippen molar-refractivity contribution in [3.63, 3.8) is 0 Å². The van der Waals surface area contributed by atoms with Crippen LogP contribution in [0.25, 0.3) is 0 Å². The number of carbonyl (C=O) groups is 1. The molecule has 2 atom stereocenters. The summed E-state index contributed by atoms with van der Waals surface area (Å²) in [6.45, 7) is 4.44. The smallest absolute Gasteiger partial charge is 0.257 e. The Hall–Kier alpha value is -1.37. The lowest BCUT2D eigenvalue weighted by atomic mass is 9.99. The summed E-state index contributed by atoms with van der Waals surface area (Å²) in [4.78, 5) is 31.3. The fourth-order valence-corrected chi connectivity index (χ4v) is 4.45. The number of hydrogen-bond acceptors (Lipinski definition) is 4. The number of carbonyl (C=O) groups excluding carboxylic acids is 1. The van der Waals surface area contributed by atoms with Crippen molar-refractivity contribution >= 4 is 17.7 Å². The summed E-state index contributed by atoms with van der Waals surface area (Å²) in [7, 11) is 0. The van der Waals surface area contributed by atoms with Gasteiger partial charge in [-0.2, -0.15) is 0 Å². The molecule has 1 aromatic heterocycles. The summed E-state index contributed by atoms with van der Waals surface area (Å²) in [5.74, 6) is 0.677. The molecule has 0 aromatic carbocycles. The molecule has 5 nitrogen and oxygen atoms in total. The summed E-state index contributed by atoms with van der Waals surface area (Å²) >= 11 is 1.53. The number of hydrogen-bond donors (Lipinski definition) is 0. The summed E-state index contributed by atoms with van der Waals surface area (Å²) in [6.07, 6.45) is 2.00. The van der Waals surface area contributed by atoms with E-state index in [2.05, 4.69) is 4.98 Å². The van der Waals surface area contributed by atoms with Gasteiger partial charge in [-0.1, -0.05) is 11.8 Å². The zero-order valence-electron chi connectivity index (χ0n) is 13.5. The van der Waals surface area contributed by atoms with Gasteiger partial charge >= 0.3 is 0 Å². The van der Waals surface area contributed by atoms with Gasteiger partial charge < -0.3 is 4.90 Å². The Morgan fingerprint density at radius 1 is 1.43 bits per heavy atom. The number of nitrogens with zero attached hydrogens (tertiary/aromatic N) is 3. The first-order valence-electron chi connectivity index (χ1n) is 8.07. The van der Waals surface area contributed by atoms with Crippen molar-refractivity contribution in [3.8, 4) is 0 Å². The van der Waals surface area contributed by atoms with Gasteiger partial charge in [0.1, 0.15) is 0 Å². The van der Waals surface area contributed by atoms with Crippen molar-refractivity contribution in [1.29, 1.82) is 0 Å². The second-order valence-corrected chi connectivity index (χ2v) is 7.44. The topological polar surface area (TPSA) is 55.2 Å². The second kappa shape index (κ2) is 6.63. The zero-order chi connectivity index (χ0) is 16.6. The highest BCUT2D eigenvalue weighted by Gasteiger charge is 2.31. The van der Waals surface area contributed by atoms with Crippen molar-refractivity contribution in [3.05, 3.63) is 21.6 Å². The van der Waals surface area contributed by atoms with Crippen LogP contribution in [-0.4, -0.2) is 45.9 Å². The Balaban J connectivity index is 1.75. The highest BCUT2D eigenvalue weighted by molar-refractivity contribution is 7.99. The second-order valence-electron chi connectivity index (χ2n) is 6.45. The standard InChI is InChI=1S/C16H22FN3O2S/c1-10-11(2)18-16-20(15(10)22)13(9-23-16)6-14(21)19-5-3-4-12(7-17)8-19/h12-13H,3-9H2,1-2H3. The number of thioether (sulfide) groups is 1. The first-order valence-corrected chi connectivity index (χ1v) is 9.06. The van der Waals surface area contributed by atoms with Crippen molar-refractivity contribution in [2.45, 2.75) is 44.3 Å². The third kappa shape index (κ3) is 3.16. The lowest BCUT2D eigenvalue weighted by Gasteiger charge is -2.32. The molecule has 0 N–H and O–H groups in total. The monoisotopic (exact) mass is 339 g/mol. The summed E-state index contributed by atoms with van der Waals surface area (Å²) in [5, 5.41) is 0.705. The van der Waals surface area contributed by atoms with E-state index in [0.29, 0.717) is 36.0 Å². The fraction of sp³-hybridized carbons (Fsp3) is 0.688. The Bertz CT molecular complexity index is 676. The molecule has 0 spiro atoms. The molecule has 2 aliphatic heterocycles. The third-order valence-electron chi connectivity index (χ3n) is 4.82. The SMILES string of the molecule is Cc1nc2n(c(=O)c1C)C(CC(=O)N1CCCC(CF)C1)CS2. The van der Waals surface area contributed by atoms with E-state index in [9.17, 15) is 14.0 Å². The van der Waals surface area contributed by atoms with Crippen LogP contribution in [0.4, 0.5) is 4.39 Å². The van der Waals surface area contributed by atoms with Gasteiger partial charge in [0.2, 0.25) is 5.91 Å². The van der Waals surface area contributed by atoms with Crippen LogP contribution < -0.4 is 5.56 Å². The largest absolute Gasteiger partial charge is 0.342 e. The van der Waals surface area contributed by atoms with E-state index in [1.54, 1.807) is 16.4 Å². The number of piperidine rings is 1. The molecule has 1 aromatic rings. The molecule has 3 rings (SSSR count). The fourth-order valence-electron chi connectivity index (χ4n) is 3.27. The lowest BCUT2D eigenvalue weighted by molar-refractivity contribution is -0.133. The van der Waals surface area contributed by atoms with Crippen LogP contribution in [0.3, 0.4) is 0 Å². The minimum atomic E-state index is -0.367. The van der Waals surface area contributed by atoms with Crippen molar-refractivity contribution in [2.75, 3.05) is 25.5 Å². The van der Waals surface area contributed by atoms with E-state index in [1.807, 2.05) is 6.92 Å². The van der Waals surface area contributed by atoms with Gasteiger partial charge in [0.05, 0.1) is 12.7 Å². The molecular weight excluding hydrogens is 317 g/mol. The Morgan fingerprint density at radius 2 is 2.22 bits per heavy atom. The quantitative estimate of drug-likeness (QED) is 0.792. The number of amides is 1. The van der Waals surface area contributed by atoms with Gasteiger partial charge in [0, 0.05) is 42.4 Å². The molecular formula is C16H22FN3O2S. The molecule has 0 aliphatic carbocycles. The molecule has 0 radical (unpaired) electrons. The number of halogens is 1. The molecule has 0 bridgehead atoms. The lowest BCUT2D eigenvalue weighted by Crippen LogP contribution is -2.42. The summed E-state index contributed by atoms with van der Waals surface area (Å²) < 4.78 is 14.5. The Morgan fingerprint density at radius 3 is 2.96 bits per heavy atom. The molecule has 3 heterocycles. The van der Waals surface area contributed by atoms with E-state index in [1.165, 1.54) is 11.8 Å². The van der Waals surface area contributed by atoms with Crippen LogP contribution in [0.1, 0.15) is 36.6 Å². The van der Waals surface area contributed by atoms with Gasteiger partial charge in [-0.15, -0.1) is 0 Å². The van der Waals surface area contributed by atoms with E-state index in [-0.39, 0.29) is 30.1 Å². The van der Waals surface area contributed by atoms with E-state index in [4.69, 9.17) is 0 Å². The van der Waals surface area contributed by atoms with Crippen molar-refractivity contribution < 1.29 is 9.18 Å². The molecule has 1 amide bonds. The number of aromatic nitrogens is 2. The third-order valence-corrected chi connectivity index (χ3v) is 5.92. The minimum Gasteiger partial charge on any atom is -0.342 e. The molecule has 23 heavy (non-hydrogen) atoms. The average molecular weight is 339 g/mol. The molecule has 0 saturated carbocycles. The molecule has 2 unspecified atom stereocenters. The molecule has 7 heteroatoms. The van der Waals surface area contributed by atoms with Crippen LogP contribution in [0.5, 0.6) is 0 Å². The van der Waals surface area contributed by atoms with Crippen LogP contribution in [0, 0.1) is 19.8 Å². The van der Waals surface area contributed by atoms with Gasteiger partial charge in [0.25, 0.3) is 5.56 Å². The zero-order valence-corrected chi connectivity index (χ0v) is 14.4. The van der Waals surface area contributed by atoms with E-state index in [0.717, 1.165) is 18.5 Å². The minimum absolute atomic E-state index is 0.0201. The van der Waals surface area contributed by atoms with E-state index < -0.39 is 0 Å². The number of aryl methyl sites for hydroxylation is 1. The summed E-state index contributed by atoms with van der Waals surface area (Å²) in [6, 6.07) is -0.146. The number of likely N-dealkylation sites (tertiary alicyclic amines) is 1. The predicted octanol–water partition coefficient (Wildman–Crippen LogP) is 2.11. The Labute approximate surface area is 139 Å². The van der Waals surface area contributed by atoms with E-state index >= 15 is 0 Å². The summed E-state index contributed by atoms with van der Waals surface area (Å²) in [5.41, 5.74) is 1.35. The Kier molecular flexibility index (Phi) is 4.75. The predicted molar refractivity (Wildman–Crippen MR) is 87.6 cm³/mol. The number of alkyl halides is 1. The maximum atomic E-state index is 12.9. The highest BCUT2D eigenvalue weighted by atomic mass is 32.2. The van der Waals surface area contributed by atoms with Gasteiger partial charge in [-0.3, -0.25) is 18.5 Å². The molecule has 126 valence electrons.